The molecule has 0 unspecified atom stereocenters. The molecule has 0 aliphatic heterocycles. The van der Waals surface area contributed by atoms with Crippen LogP contribution in [0.2, 0.25) is 0 Å². The summed E-state index contributed by atoms with van der Waals surface area (Å²) in [6.45, 7) is 4.61. The van der Waals surface area contributed by atoms with Crippen LogP contribution < -0.4 is 0 Å². The largest absolute Gasteiger partial charge is 0.393 e. The normalized spacial score (nSPS) is 41.3. The molecule has 1 heteroatoms. The highest BCUT2D eigenvalue weighted by Gasteiger charge is 2.54. The molecule has 1 aromatic carbocycles. The first kappa shape index (κ1) is 13.8. The van der Waals surface area contributed by atoms with Crippen LogP contribution in [0.15, 0.2) is 18.2 Å². The number of hydrogen-bond donors (Lipinski definition) is 1. The summed E-state index contributed by atoms with van der Waals surface area (Å²) in [6.07, 6.45) is 8.49. The number of aliphatic hydroxyl groups is 1. The number of aliphatic hydroxyl groups excluding tert-OH is 1. The highest BCUT2D eigenvalue weighted by molar-refractivity contribution is 5.38. The number of hydrogen-bond acceptors (Lipinski definition) is 1. The van der Waals surface area contributed by atoms with Gasteiger partial charge in [0.05, 0.1) is 6.10 Å². The first-order chi connectivity index (χ1) is 10.1. The van der Waals surface area contributed by atoms with Gasteiger partial charge < -0.3 is 5.11 Å². The van der Waals surface area contributed by atoms with E-state index in [1.165, 1.54) is 37.7 Å². The minimum Gasteiger partial charge on any atom is -0.393 e. The molecule has 4 rings (SSSR count). The Hall–Kier alpha value is -0.820. The number of aryl methyl sites for hydroxylation is 2. The molecule has 0 aromatic heterocycles. The Labute approximate surface area is 128 Å². The molecule has 1 aromatic rings. The summed E-state index contributed by atoms with van der Waals surface area (Å²) in [5.74, 6) is 2.34. The minimum atomic E-state index is -0.0488. The molecular formula is C20H28O. The SMILES string of the molecule is CCc1ccc2c(c1)CC[C@@H]1[C@@H]2CC[C@]2(C)[C@@H](O)CC[C@@H]12. The minimum absolute atomic E-state index is 0.0488. The maximum absolute atomic E-state index is 10.4. The van der Waals surface area contributed by atoms with Crippen LogP contribution in [-0.4, -0.2) is 11.2 Å². The molecule has 0 heterocycles. The van der Waals surface area contributed by atoms with Gasteiger partial charge in [-0.25, -0.2) is 0 Å². The van der Waals surface area contributed by atoms with Crippen molar-refractivity contribution in [1.29, 1.82) is 0 Å². The number of benzene rings is 1. The molecule has 2 saturated carbocycles. The third-order valence-corrected chi connectivity index (χ3v) is 7.15. The van der Waals surface area contributed by atoms with E-state index < -0.39 is 0 Å². The predicted octanol–water partition coefficient (Wildman–Crippen LogP) is 4.47. The quantitative estimate of drug-likeness (QED) is 0.807. The van der Waals surface area contributed by atoms with Gasteiger partial charge in [0.25, 0.3) is 0 Å². The van der Waals surface area contributed by atoms with Crippen molar-refractivity contribution in [2.24, 2.45) is 17.3 Å². The van der Waals surface area contributed by atoms with Crippen LogP contribution in [0.25, 0.3) is 0 Å². The summed E-state index contributed by atoms with van der Waals surface area (Å²) >= 11 is 0. The zero-order valence-corrected chi connectivity index (χ0v) is 13.4. The van der Waals surface area contributed by atoms with E-state index in [-0.39, 0.29) is 11.5 Å². The van der Waals surface area contributed by atoms with E-state index in [9.17, 15) is 5.11 Å². The first-order valence-electron chi connectivity index (χ1n) is 8.93. The fourth-order valence-electron chi connectivity index (χ4n) is 5.83. The van der Waals surface area contributed by atoms with Gasteiger partial charge in [0, 0.05) is 0 Å². The predicted molar refractivity (Wildman–Crippen MR) is 86.4 cm³/mol. The maximum atomic E-state index is 10.4. The van der Waals surface area contributed by atoms with Gasteiger partial charge in [-0.05, 0) is 84.8 Å². The van der Waals surface area contributed by atoms with E-state index >= 15 is 0 Å². The first-order valence-corrected chi connectivity index (χ1v) is 8.93. The van der Waals surface area contributed by atoms with Gasteiger partial charge in [0.2, 0.25) is 0 Å². The summed E-state index contributed by atoms with van der Waals surface area (Å²) in [5.41, 5.74) is 4.97. The molecule has 0 bridgehead atoms. The van der Waals surface area contributed by atoms with Crippen LogP contribution >= 0.6 is 0 Å². The highest BCUT2D eigenvalue weighted by Crippen LogP contribution is 2.60. The van der Waals surface area contributed by atoms with E-state index in [2.05, 4.69) is 32.0 Å². The topological polar surface area (TPSA) is 20.2 Å². The molecule has 1 N–H and O–H groups in total. The lowest BCUT2D eigenvalue weighted by Crippen LogP contribution is -2.43. The molecule has 5 atom stereocenters. The molecule has 3 aliphatic rings. The fraction of sp³-hybridized carbons (Fsp3) is 0.700. The smallest absolute Gasteiger partial charge is 0.0596 e. The second kappa shape index (κ2) is 4.84. The van der Waals surface area contributed by atoms with E-state index in [1.807, 2.05) is 0 Å². The van der Waals surface area contributed by atoms with Gasteiger partial charge in [0.15, 0.2) is 0 Å². The Morgan fingerprint density at radius 3 is 2.86 bits per heavy atom. The third kappa shape index (κ3) is 1.93. The summed E-state index contributed by atoms with van der Waals surface area (Å²) < 4.78 is 0. The Morgan fingerprint density at radius 2 is 2.05 bits per heavy atom. The Balaban J connectivity index is 1.68. The van der Waals surface area contributed by atoms with Crippen molar-refractivity contribution >= 4 is 0 Å². The van der Waals surface area contributed by atoms with Gasteiger partial charge in [-0.15, -0.1) is 0 Å². The maximum Gasteiger partial charge on any atom is 0.0596 e. The Bertz CT molecular complexity index is 549. The number of rotatable bonds is 1. The summed E-state index contributed by atoms with van der Waals surface area (Å²) in [6, 6.07) is 7.24. The average Bonchev–Trinajstić information content (AvgIpc) is 2.82. The lowest BCUT2D eigenvalue weighted by Gasteiger charge is -2.50. The van der Waals surface area contributed by atoms with E-state index in [1.54, 1.807) is 11.1 Å². The van der Waals surface area contributed by atoms with Crippen LogP contribution in [0.1, 0.15) is 68.6 Å². The van der Waals surface area contributed by atoms with Crippen LogP contribution in [-0.2, 0) is 12.8 Å². The van der Waals surface area contributed by atoms with Crippen LogP contribution in [0.5, 0.6) is 0 Å². The molecule has 2 fully saturated rings. The summed E-state index contributed by atoms with van der Waals surface area (Å²) in [4.78, 5) is 0. The monoisotopic (exact) mass is 284 g/mol. The Kier molecular flexibility index (Phi) is 3.19. The number of fused-ring (bicyclic) bond motifs is 5. The summed E-state index contributed by atoms with van der Waals surface area (Å²) in [7, 11) is 0. The highest BCUT2D eigenvalue weighted by atomic mass is 16.3. The lowest BCUT2D eigenvalue weighted by molar-refractivity contribution is -0.0226. The second-order valence-corrected chi connectivity index (χ2v) is 7.94. The van der Waals surface area contributed by atoms with Crippen molar-refractivity contribution in [2.75, 3.05) is 0 Å². The van der Waals surface area contributed by atoms with E-state index in [0.717, 1.165) is 30.6 Å². The van der Waals surface area contributed by atoms with Crippen LogP contribution in [0, 0.1) is 17.3 Å². The van der Waals surface area contributed by atoms with Crippen molar-refractivity contribution in [3.05, 3.63) is 34.9 Å². The van der Waals surface area contributed by atoms with Crippen molar-refractivity contribution in [2.45, 2.75) is 70.8 Å². The van der Waals surface area contributed by atoms with E-state index in [4.69, 9.17) is 0 Å². The van der Waals surface area contributed by atoms with Gasteiger partial charge in [-0.3, -0.25) is 0 Å². The molecule has 3 aliphatic carbocycles. The molecule has 0 saturated heterocycles. The molecule has 1 nitrogen and oxygen atoms in total. The lowest BCUT2D eigenvalue weighted by atomic mass is 9.55. The van der Waals surface area contributed by atoms with Crippen LogP contribution in [0.3, 0.4) is 0 Å². The Morgan fingerprint density at radius 1 is 1.19 bits per heavy atom. The average molecular weight is 284 g/mol. The summed E-state index contributed by atoms with van der Waals surface area (Å²) in [5, 5.41) is 10.4. The van der Waals surface area contributed by atoms with Gasteiger partial charge in [-0.2, -0.15) is 0 Å². The van der Waals surface area contributed by atoms with Gasteiger partial charge >= 0.3 is 0 Å². The van der Waals surface area contributed by atoms with E-state index in [0.29, 0.717) is 0 Å². The molecule has 0 amide bonds. The molecule has 21 heavy (non-hydrogen) atoms. The van der Waals surface area contributed by atoms with Crippen molar-refractivity contribution in [3.63, 3.8) is 0 Å². The van der Waals surface area contributed by atoms with Crippen LogP contribution in [0.4, 0.5) is 0 Å². The molecular weight excluding hydrogens is 256 g/mol. The zero-order valence-electron chi connectivity index (χ0n) is 13.4. The second-order valence-electron chi connectivity index (χ2n) is 7.94. The van der Waals surface area contributed by atoms with Gasteiger partial charge in [-0.1, -0.05) is 32.0 Å². The van der Waals surface area contributed by atoms with Gasteiger partial charge in [0.1, 0.15) is 0 Å². The molecule has 0 radical (unpaired) electrons. The fourth-order valence-corrected chi connectivity index (χ4v) is 5.83. The molecule has 114 valence electrons. The third-order valence-electron chi connectivity index (χ3n) is 7.15. The van der Waals surface area contributed by atoms with Crippen molar-refractivity contribution < 1.29 is 5.11 Å². The van der Waals surface area contributed by atoms with Crippen molar-refractivity contribution in [1.82, 2.24) is 0 Å². The van der Waals surface area contributed by atoms with Crippen molar-refractivity contribution in [3.8, 4) is 0 Å². The standard InChI is InChI=1S/C20H28O/c1-3-13-4-6-15-14(12-13)5-7-17-16(15)10-11-20(2)18(17)8-9-19(20)21/h4,6,12,16-19,21H,3,5,7-11H2,1-2H3/t16-,17-,18+,19+,20+/m1/s1. The molecule has 0 spiro atoms. The zero-order chi connectivity index (χ0) is 14.6.